The average molecular weight is 324 g/mol. The predicted molar refractivity (Wildman–Crippen MR) is 74.7 cm³/mol. The van der Waals surface area contributed by atoms with Gasteiger partial charge in [0.2, 0.25) is 5.91 Å². The first-order valence-electron chi connectivity index (χ1n) is 6.25. The Labute approximate surface area is 119 Å². The first kappa shape index (κ1) is 12.8. The largest absolute Gasteiger partial charge is 0.381 e. The Morgan fingerprint density at radius 3 is 2.68 bits per heavy atom. The monoisotopic (exact) mass is 323 g/mol. The van der Waals surface area contributed by atoms with Crippen molar-refractivity contribution in [2.75, 3.05) is 25.2 Å². The molecule has 1 aromatic rings. The lowest BCUT2D eigenvalue weighted by Gasteiger charge is -2.32. The van der Waals surface area contributed by atoms with Crippen molar-refractivity contribution >= 4 is 33.8 Å². The molecule has 3 rings (SSSR count). The highest BCUT2D eigenvalue weighted by atomic mass is 79.9. The van der Waals surface area contributed by atoms with Gasteiger partial charge in [-0.25, -0.2) is 0 Å². The number of carbonyl (C=O) groups is 2. The summed E-state index contributed by atoms with van der Waals surface area (Å²) >= 11 is 3.47. The van der Waals surface area contributed by atoms with Crippen LogP contribution in [0.1, 0.15) is 28.8 Å². The fourth-order valence-corrected chi connectivity index (χ4v) is 3.88. The maximum atomic E-state index is 12.7. The molecule has 4 nitrogen and oxygen atoms in total. The first-order valence-corrected chi connectivity index (χ1v) is 7.04. The van der Waals surface area contributed by atoms with Crippen LogP contribution in [0.25, 0.3) is 0 Å². The fraction of sp³-hybridized carbons (Fsp3) is 0.429. The van der Waals surface area contributed by atoms with Crippen LogP contribution in [-0.4, -0.2) is 32.5 Å². The number of amides is 1. The summed E-state index contributed by atoms with van der Waals surface area (Å²) in [5.74, 6) is 0.106. The Bertz CT molecular complexity index is 564. The fourth-order valence-electron chi connectivity index (χ4n) is 3.13. The second-order valence-corrected chi connectivity index (χ2v) is 5.93. The zero-order valence-electron chi connectivity index (χ0n) is 10.6. The second-order valence-electron chi connectivity index (χ2n) is 5.08. The van der Waals surface area contributed by atoms with Crippen LogP contribution in [0.3, 0.4) is 0 Å². The van der Waals surface area contributed by atoms with Crippen LogP contribution in [0.15, 0.2) is 16.6 Å². The minimum atomic E-state index is -0.510. The molecule has 19 heavy (non-hydrogen) atoms. The number of anilines is 1. The van der Waals surface area contributed by atoms with E-state index in [0.29, 0.717) is 31.6 Å². The maximum absolute atomic E-state index is 12.7. The molecular weight excluding hydrogens is 310 g/mol. The number of hydrogen-bond acceptors (Lipinski definition) is 3. The minimum absolute atomic E-state index is 0.106. The molecule has 0 aromatic heterocycles. The summed E-state index contributed by atoms with van der Waals surface area (Å²) in [6, 6.07) is 3.60. The van der Waals surface area contributed by atoms with E-state index >= 15 is 0 Å². The average Bonchev–Trinajstić information content (AvgIpc) is 2.63. The maximum Gasteiger partial charge on any atom is 0.237 e. The van der Waals surface area contributed by atoms with Gasteiger partial charge >= 0.3 is 0 Å². The number of nitrogens with zero attached hydrogens (tertiary/aromatic N) is 1. The van der Waals surface area contributed by atoms with E-state index < -0.39 is 5.41 Å². The summed E-state index contributed by atoms with van der Waals surface area (Å²) in [6.07, 6.45) is 2.18. The topological polar surface area (TPSA) is 46.6 Å². The van der Waals surface area contributed by atoms with Crippen LogP contribution in [0.4, 0.5) is 5.69 Å². The smallest absolute Gasteiger partial charge is 0.237 e. The molecule has 0 aliphatic carbocycles. The van der Waals surface area contributed by atoms with Crippen LogP contribution < -0.4 is 4.90 Å². The van der Waals surface area contributed by atoms with Crippen LogP contribution in [0, 0.1) is 0 Å². The summed E-state index contributed by atoms with van der Waals surface area (Å²) in [4.78, 5) is 25.4. The van der Waals surface area contributed by atoms with Crippen LogP contribution in [0.2, 0.25) is 0 Å². The number of rotatable bonds is 1. The quantitative estimate of drug-likeness (QED) is 0.745. The molecule has 0 saturated carbocycles. The number of benzene rings is 1. The van der Waals surface area contributed by atoms with E-state index in [1.807, 2.05) is 6.07 Å². The Kier molecular flexibility index (Phi) is 2.98. The summed E-state index contributed by atoms with van der Waals surface area (Å²) in [6.45, 7) is 1.17. The molecule has 0 N–H and O–H groups in total. The van der Waals surface area contributed by atoms with Crippen molar-refractivity contribution in [3.05, 3.63) is 27.7 Å². The molecule has 1 fully saturated rings. The van der Waals surface area contributed by atoms with E-state index in [0.717, 1.165) is 22.0 Å². The van der Waals surface area contributed by atoms with E-state index in [9.17, 15) is 9.59 Å². The van der Waals surface area contributed by atoms with Crippen molar-refractivity contribution in [3.8, 4) is 0 Å². The van der Waals surface area contributed by atoms with Crippen molar-refractivity contribution in [1.29, 1.82) is 0 Å². The number of aldehydes is 1. The van der Waals surface area contributed by atoms with Crippen molar-refractivity contribution in [1.82, 2.24) is 0 Å². The molecule has 2 heterocycles. The Morgan fingerprint density at radius 1 is 1.37 bits per heavy atom. The van der Waals surface area contributed by atoms with Gasteiger partial charge in [0, 0.05) is 30.3 Å². The summed E-state index contributed by atoms with van der Waals surface area (Å²) in [5.41, 5.74) is 1.93. The Balaban J connectivity index is 2.24. The van der Waals surface area contributed by atoms with Crippen LogP contribution >= 0.6 is 15.9 Å². The third kappa shape index (κ3) is 1.68. The molecule has 5 heteroatoms. The standard InChI is InChI=1S/C14H14BrNO3/c1-16-12-10(6-9(8-17)7-11(12)15)14(13(16)18)2-4-19-5-3-14/h6-8H,2-5H2,1H3. The molecule has 0 unspecified atom stereocenters. The van der Waals surface area contributed by atoms with E-state index in [1.54, 1.807) is 18.0 Å². The number of fused-ring (bicyclic) bond motifs is 2. The molecule has 1 saturated heterocycles. The number of hydrogen-bond donors (Lipinski definition) is 0. The normalized spacial score (nSPS) is 20.7. The molecule has 1 amide bonds. The van der Waals surface area contributed by atoms with Crippen molar-refractivity contribution < 1.29 is 14.3 Å². The van der Waals surface area contributed by atoms with Gasteiger partial charge < -0.3 is 9.64 Å². The van der Waals surface area contributed by atoms with Gasteiger partial charge in [-0.3, -0.25) is 9.59 Å². The van der Waals surface area contributed by atoms with Gasteiger partial charge in [0.15, 0.2) is 0 Å². The molecule has 0 bridgehead atoms. The van der Waals surface area contributed by atoms with Gasteiger partial charge in [-0.15, -0.1) is 0 Å². The highest BCUT2D eigenvalue weighted by Crippen LogP contribution is 2.50. The van der Waals surface area contributed by atoms with Gasteiger partial charge in [-0.05, 0) is 46.5 Å². The zero-order chi connectivity index (χ0) is 13.6. The van der Waals surface area contributed by atoms with Crippen molar-refractivity contribution in [3.63, 3.8) is 0 Å². The van der Waals surface area contributed by atoms with Gasteiger partial charge in [0.1, 0.15) is 6.29 Å². The molecule has 2 aliphatic rings. The highest BCUT2D eigenvalue weighted by molar-refractivity contribution is 9.10. The molecule has 1 aromatic carbocycles. The second kappa shape index (κ2) is 4.42. The lowest BCUT2D eigenvalue weighted by atomic mass is 9.75. The number of likely N-dealkylation sites (N-methyl/N-ethyl adjacent to an activating group) is 1. The van der Waals surface area contributed by atoms with E-state index in [1.165, 1.54) is 0 Å². The van der Waals surface area contributed by atoms with Gasteiger partial charge in [-0.2, -0.15) is 0 Å². The third-order valence-corrected chi connectivity index (χ3v) is 4.74. The van der Waals surface area contributed by atoms with Gasteiger partial charge in [0.05, 0.1) is 11.1 Å². The summed E-state index contributed by atoms with van der Waals surface area (Å²) in [7, 11) is 1.79. The summed E-state index contributed by atoms with van der Waals surface area (Å²) < 4.78 is 6.19. The van der Waals surface area contributed by atoms with Crippen molar-refractivity contribution in [2.45, 2.75) is 18.3 Å². The molecule has 1 spiro atoms. The third-order valence-electron chi connectivity index (χ3n) is 4.13. The SMILES string of the molecule is CN1C(=O)C2(CCOCC2)c2cc(C=O)cc(Br)c21. The highest BCUT2D eigenvalue weighted by Gasteiger charge is 2.51. The van der Waals surface area contributed by atoms with E-state index in [-0.39, 0.29) is 5.91 Å². The Morgan fingerprint density at radius 2 is 2.05 bits per heavy atom. The molecule has 2 aliphatic heterocycles. The number of ether oxygens (including phenoxy) is 1. The van der Waals surface area contributed by atoms with E-state index in [4.69, 9.17) is 4.74 Å². The minimum Gasteiger partial charge on any atom is -0.381 e. The summed E-state index contributed by atoms with van der Waals surface area (Å²) in [5, 5.41) is 0. The molecule has 100 valence electrons. The predicted octanol–water partition coefficient (Wildman–Crippen LogP) is 2.29. The molecule has 0 radical (unpaired) electrons. The number of carbonyl (C=O) groups excluding carboxylic acids is 2. The van der Waals surface area contributed by atoms with E-state index in [2.05, 4.69) is 15.9 Å². The van der Waals surface area contributed by atoms with Crippen molar-refractivity contribution in [2.24, 2.45) is 0 Å². The van der Waals surface area contributed by atoms with Crippen LogP contribution in [0.5, 0.6) is 0 Å². The van der Waals surface area contributed by atoms with Gasteiger partial charge in [-0.1, -0.05) is 0 Å². The zero-order valence-corrected chi connectivity index (χ0v) is 12.2. The first-order chi connectivity index (χ1) is 9.10. The lowest BCUT2D eigenvalue weighted by Crippen LogP contribution is -2.42. The molecular formula is C14H14BrNO3. The Hall–Kier alpha value is -1.20. The number of halogens is 1. The lowest BCUT2D eigenvalue weighted by molar-refractivity contribution is -0.126. The molecule has 0 atom stereocenters. The van der Waals surface area contributed by atoms with Crippen LogP contribution in [-0.2, 0) is 14.9 Å². The van der Waals surface area contributed by atoms with Gasteiger partial charge in [0.25, 0.3) is 0 Å².